The predicted octanol–water partition coefficient (Wildman–Crippen LogP) is 4.97. The van der Waals surface area contributed by atoms with Crippen LogP contribution in [-0.2, 0) is 4.74 Å². The van der Waals surface area contributed by atoms with Crippen LogP contribution >= 0.6 is 0 Å². The normalized spacial score (nSPS) is 26.9. The Morgan fingerprint density at radius 3 is 2.29 bits per heavy atom. The summed E-state index contributed by atoms with van der Waals surface area (Å²) in [5.41, 5.74) is 4.61. The minimum absolute atomic E-state index is 0.0616. The first-order valence-electron chi connectivity index (χ1n) is 9.90. The molecule has 0 aromatic heterocycles. The topological polar surface area (TPSA) is 79.8 Å². The number of rotatable bonds is 3. The molecule has 2 fully saturated rings. The number of nitrogens with one attached hydrogen (secondary N) is 2. The summed E-state index contributed by atoms with van der Waals surface area (Å²) in [6, 6.07) is 6.67. The Kier molecular flexibility index (Phi) is 5.02. The molecule has 2 saturated carbocycles. The molecular weight excluding hydrogens is 354 g/mol. The lowest BCUT2D eigenvalue weighted by Crippen LogP contribution is -2.34. The van der Waals surface area contributed by atoms with Gasteiger partial charge >= 0.3 is 6.09 Å². The van der Waals surface area contributed by atoms with Crippen molar-refractivity contribution in [3.05, 3.63) is 29.8 Å². The highest BCUT2D eigenvalue weighted by molar-refractivity contribution is 5.98. The summed E-state index contributed by atoms with van der Waals surface area (Å²) in [5.74, 6) is 0.395. The van der Waals surface area contributed by atoms with Gasteiger partial charge in [0.2, 0.25) is 0 Å². The molecule has 2 atom stereocenters. The second kappa shape index (κ2) is 6.90. The molecular formula is C22H31N3O3. The van der Waals surface area contributed by atoms with Gasteiger partial charge in [-0.1, -0.05) is 20.8 Å². The lowest BCUT2D eigenvalue weighted by molar-refractivity contribution is 0.0635. The first-order chi connectivity index (χ1) is 12.9. The van der Waals surface area contributed by atoms with Crippen molar-refractivity contribution >= 4 is 23.4 Å². The predicted molar refractivity (Wildman–Crippen MR) is 110 cm³/mol. The highest BCUT2D eigenvalue weighted by Crippen LogP contribution is 2.63. The number of benzene rings is 1. The van der Waals surface area contributed by atoms with Gasteiger partial charge in [0.15, 0.2) is 0 Å². The van der Waals surface area contributed by atoms with Gasteiger partial charge in [0.05, 0.1) is 0 Å². The second-order valence-electron chi connectivity index (χ2n) is 9.70. The zero-order valence-corrected chi connectivity index (χ0v) is 17.7. The van der Waals surface area contributed by atoms with Crippen LogP contribution in [0.3, 0.4) is 0 Å². The summed E-state index contributed by atoms with van der Waals surface area (Å²) in [4.78, 5) is 24.3. The molecule has 2 aliphatic rings. The third-order valence-corrected chi connectivity index (χ3v) is 6.60. The van der Waals surface area contributed by atoms with Gasteiger partial charge in [0, 0.05) is 22.4 Å². The van der Waals surface area contributed by atoms with Crippen LogP contribution < -0.4 is 10.7 Å². The van der Waals surface area contributed by atoms with Crippen molar-refractivity contribution < 1.29 is 14.3 Å². The molecule has 1 aromatic carbocycles. The second-order valence-corrected chi connectivity index (χ2v) is 9.70. The van der Waals surface area contributed by atoms with Crippen molar-refractivity contribution in [3.8, 4) is 0 Å². The monoisotopic (exact) mass is 385 g/mol. The molecule has 2 N–H and O–H groups in total. The number of hydrazone groups is 1. The average molecular weight is 386 g/mol. The van der Waals surface area contributed by atoms with Crippen molar-refractivity contribution in [2.45, 2.75) is 66.4 Å². The van der Waals surface area contributed by atoms with E-state index in [-0.39, 0.29) is 16.7 Å². The summed E-state index contributed by atoms with van der Waals surface area (Å²) in [7, 11) is 0. The van der Waals surface area contributed by atoms with E-state index in [4.69, 9.17) is 4.74 Å². The van der Waals surface area contributed by atoms with Crippen LogP contribution in [0.1, 0.15) is 71.2 Å². The van der Waals surface area contributed by atoms with Gasteiger partial charge in [-0.05, 0) is 75.6 Å². The smallest absolute Gasteiger partial charge is 0.412 e. The van der Waals surface area contributed by atoms with Crippen LogP contribution in [0.25, 0.3) is 0 Å². The Morgan fingerprint density at radius 2 is 1.79 bits per heavy atom. The number of anilines is 1. The van der Waals surface area contributed by atoms with Crippen LogP contribution in [0, 0.1) is 16.7 Å². The Bertz CT molecular complexity index is 805. The lowest BCUT2D eigenvalue weighted by atomic mass is 9.70. The maximum Gasteiger partial charge on any atom is 0.412 e. The van der Waals surface area contributed by atoms with Crippen molar-refractivity contribution in [3.63, 3.8) is 0 Å². The Balaban J connectivity index is 1.61. The molecule has 0 heterocycles. The Morgan fingerprint density at radius 1 is 1.14 bits per heavy atom. The fourth-order valence-corrected chi connectivity index (χ4v) is 4.41. The molecule has 152 valence electrons. The van der Waals surface area contributed by atoms with Gasteiger partial charge in [0.25, 0.3) is 5.91 Å². The van der Waals surface area contributed by atoms with Gasteiger partial charge in [-0.25, -0.2) is 10.2 Å². The van der Waals surface area contributed by atoms with Crippen molar-refractivity contribution in [2.75, 3.05) is 5.32 Å². The van der Waals surface area contributed by atoms with Gasteiger partial charge in [-0.2, -0.15) is 5.10 Å². The average Bonchev–Trinajstić information content (AvgIpc) is 2.91. The number of carbonyl (C=O) groups excluding carboxylic acids is 2. The maximum absolute atomic E-state index is 12.5. The van der Waals surface area contributed by atoms with E-state index in [1.54, 1.807) is 45.0 Å². The number of fused-ring (bicyclic) bond motifs is 2. The highest BCUT2D eigenvalue weighted by Gasteiger charge is 2.60. The largest absolute Gasteiger partial charge is 0.444 e. The number of ether oxygens (including phenoxy) is 1. The number of amides is 2. The molecule has 6 heteroatoms. The molecule has 0 radical (unpaired) electrons. The van der Waals surface area contributed by atoms with Crippen LogP contribution in [0.4, 0.5) is 10.5 Å². The summed E-state index contributed by atoms with van der Waals surface area (Å²) in [6.45, 7) is 12.3. The molecule has 0 saturated heterocycles. The first kappa shape index (κ1) is 20.4. The van der Waals surface area contributed by atoms with Crippen LogP contribution in [0.15, 0.2) is 29.4 Å². The summed E-state index contributed by atoms with van der Waals surface area (Å²) in [6.07, 6.45) is 2.80. The summed E-state index contributed by atoms with van der Waals surface area (Å²) in [5, 5.41) is 7.14. The van der Waals surface area contributed by atoms with Crippen LogP contribution in [0.2, 0.25) is 0 Å². The minimum atomic E-state index is -0.562. The van der Waals surface area contributed by atoms with Crippen LogP contribution in [-0.4, -0.2) is 23.3 Å². The van der Waals surface area contributed by atoms with Gasteiger partial charge in [-0.3, -0.25) is 10.1 Å². The van der Waals surface area contributed by atoms with E-state index in [0.717, 1.165) is 18.6 Å². The van der Waals surface area contributed by atoms with Crippen LogP contribution in [0.5, 0.6) is 0 Å². The minimum Gasteiger partial charge on any atom is -0.444 e. The van der Waals surface area contributed by atoms with E-state index < -0.39 is 11.7 Å². The van der Waals surface area contributed by atoms with E-state index in [1.807, 2.05) is 0 Å². The van der Waals surface area contributed by atoms with Gasteiger partial charge in [0.1, 0.15) is 5.60 Å². The molecule has 0 unspecified atom stereocenters. The van der Waals surface area contributed by atoms with Gasteiger partial charge in [-0.15, -0.1) is 0 Å². The van der Waals surface area contributed by atoms with Crippen molar-refractivity contribution in [1.82, 2.24) is 5.43 Å². The quantitative estimate of drug-likeness (QED) is 0.721. The van der Waals surface area contributed by atoms with E-state index >= 15 is 0 Å². The molecule has 28 heavy (non-hydrogen) atoms. The van der Waals surface area contributed by atoms with Crippen molar-refractivity contribution in [2.24, 2.45) is 21.8 Å². The van der Waals surface area contributed by atoms with Gasteiger partial charge < -0.3 is 4.74 Å². The number of hydrogen-bond acceptors (Lipinski definition) is 4. The fourth-order valence-electron chi connectivity index (χ4n) is 4.41. The van der Waals surface area contributed by atoms with Crippen molar-refractivity contribution in [1.29, 1.82) is 0 Å². The molecule has 2 amide bonds. The van der Waals surface area contributed by atoms with E-state index in [9.17, 15) is 9.59 Å². The third-order valence-electron chi connectivity index (χ3n) is 6.60. The fraction of sp³-hybridized carbons (Fsp3) is 0.591. The highest BCUT2D eigenvalue weighted by atomic mass is 16.6. The van der Waals surface area contributed by atoms with E-state index in [0.29, 0.717) is 17.2 Å². The molecule has 0 aliphatic heterocycles. The molecule has 2 bridgehead atoms. The molecule has 2 aliphatic carbocycles. The molecule has 1 aromatic rings. The summed E-state index contributed by atoms with van der Waals surface area (Å²) >= 11 is 0. The number of hydrogen-bond donors (Lipinski definition) is 2. The number of nitrogens with zero attached hydrogens (tertiary/aromatic N) is 1. The Labute approximate surface area is 167 Å². The first-order valence-corrected chi connectivity index (χ1v) is 9.90. The molecule has 6 nitrogen and oxygen atoms in total. The standard InChI is InChI=1S/C22H31N3O3/c1-20(2,3)28-19(27)23-16-9-7-14(8-10-16)18(26)25-24-17-13-15-11-12-22(17,6)21(15,4)5/h7-10,15H,11-13H2,1-6H3,(H,23,27)(H,25,26)/b24-17-/t15-,22-/m1/s1. The molecule has 0 spiro atoms. The zero-order chi connectivity index (χ0) is 20.7. The maximum atomic E-state index is 12.5. The Hall–Kier alpha value is -2.37. The SMILES string of the molecule is CC(C)(C)OC(=O)Nc1ccc(C(=O)N/N=C2/C[C@H]3CC[C@@]2(C)C3(C)C)cc1. The van der Waals surface area contributed by atoms with E-state index in [2.05, 4.69) is 36.6 Å². The van der Waals surface area contributed by atoms with E-state index in [1.165, 1.54) is 6.42 Å². The zero-order valence-electron chi connectivity index (χ0n) is 17.7. The summed E-state index contributed by atoms with van der Waals surface area (Å²) < 4.78 is 5.22. The molecule has 3 rings (SSSR count). The third kappa shape index (κ3) is 3.77. The lowest BCUT2D eigenvalue weighted by Gasteiger charge is -2.34. The number of carbonyl (C=O) groups is 2.